The summed E-state index contributed by atoms with van der Waals surface area (Å²) in [6, 6.07) is 5.22. The zero-order chi connectivity index (χ0) is 20.5. The molecule has 7 heteroatoms. The Morgan fingerprint density at radius 3 is 2.50 bits per heavy atom. The van der Waals surface area contributed by atoms with E-state index in [9.17, 15) is 9.59 Å². The summed E-state index contributed by atoms with van der Waals surface area (Å²) in [5.74, 6) is 0.976. The monoisotopic (exact) mass is 428 g/mol. The van der Waals surface area contributed by atoms with Gasteiger partial charge in [-0.15, -0.1) is 0 Å². The fourth-order valence-corrected chi connectivity index (χ4v) is 3.91. The molecular weight excluding hydrogens is 399 g/mol. The summed E-state index contributed by atoms with van der Waals surface area (Å²) in [4.78, 5) is 26.5. The van der Waals surface area contributed by atoms with E-state index in [-0.39, 0.29) is 23.8 Å². The van der Waals surface area contributed by atoms with Gasteiger partial charge in [0.25, 0.3) is 0 Å². The van der Waals surface area contributed by atoms with Crippen molar-refractivity contribution in [1.82, 2.24) is 10.2 Å². The molecule has 1 aromatic carbocycles. The average molecular weight is 429 g/mol. The predicted molar refractivity (Wildman–Crippen MR) is 113 cm³/mol. The summed E-state index contributed by atoms with van der Waals surface area (Å²) in [5.41, 5.74) is 0. The van der Waals surface area contributed by atoms with E-state index in [4.69, 9.17) is 27.9 Å². The molecule has 0 aliphatic carbocycles. The minimum Gasteiger partial charge on any atom is -0.492 e. The number of nitrogens with one attached hydrogen (secondary N) is 1. The van der Waals surface area contributed by atoms with Crippen LogP contribution < -0.4 is 10.1 Å². The zero-order valence-corrected chi connectivity index (χ0v) is 18.2. The molecule has 1 aliphatic heterocycles. The van der Waals surface area contributed by atoms with E-state index >= 15 is 0 Å². The second-order valence-corrected chi connectivity index (χ2v) is 8.05. The predicted octanol–water partition coefficient (Wildman–Crippen LogP) is 4.70. The van der Waals surface area contributed by atoms with Crippen LogP contribution in [0, 0.1) is 5.92 Å². The van der Waals surface area contributed by atoms with Crippen LogP contribution in [0.4, 0.5) is 0 Å². The molecule has 0 atom stereocenters. The van der Waals surface area contributed by atoms with Crippen LogP contribution in [0.2, 0.25) is 10.0 Å². The molecule has 1 N–H and O–H groups in total. The first-order chi connectivity index (χ1) is 13.4. The van der Waals surface area contributed by atoms with E-state index < -0.39 is 0 Å². The highest BCUT2D eigenvalue weighted by atomic mass is 35.5. The lowest BCUT2D eigenvalue weighted by Crippen LogP contribution is -2.48. The number of carbonyl (C=O) groups is 2. The van der Waals surface area contributed by atoms with Crippen molar-refractivity contribution in [2.75, 3.05) is 19.7 Å². The van der Waals surface area contributed by atoms with E-state index in [1.807, 2.05) is 4.90 Å². The highest BCUT2D eigenvalue weighted by molar-refractivity contribution is 6.35. The highest BCUT2D eigenvalue weighted by Crippen LogP contribution is 2.27. The van der Waals surface area contributed by atoms with Crippen molar-refractivity contribution < 1.29 is 14.3 Å². The number of likely N-dealkylation sites (tertiary alicyclic amines) is 1. The second-order valence-electron chi connectivity index (χ2n) is 7.21. The van der Waals surface area contributed by atoms with Gasteiger partial charge < -0.3 is 15.0 Å². The standard InChI is InChI=1S/C21H30Cl2N2O3/c1-3-15(4-2)21(27)25-11-9-17(10-12-25)24-20(26)6-5-13-28-19-8-7-16(22)14-18(19)23/h7-8,14-15,17H,3-6,9-13H2,1-2H3,(H,24,26). The van der Waals surface area contributed by atoms with Crippen molar-refractivity contribution in [3.63, 3.8) is 0 Å². The molecule has 0 radical (unpaired) electrons. The van der Waals surface area contributed by atoms with Crippen molar-refractivity contribution in [2.45, 2.75) is 58.4 Å². The molecule has 0 bridgehead atoms. The number of nitrogens with zero attached hydrogens (tertiary/aromatic N) is 1. The second kappa shape index (κ2) is 11.5. The van der Waals surface area contributed by atoms with Gasteiger partial charge in [0.15, 0.2) is 0 Å². The third-order valence-electron chi connectivity index (χ3n) is 5.21. The Labute approximate surface area is 177 Å². The summed E-state index contributed by atoms with van der Waals surface area (Å²) in [5, 5.41) is 4.10. The summed E-state index contributed by atoms with van der Waals surface area (Å²) >= 11 is 11.9. The zero-order valence-electron chi connectivity index (χ0n) is 16.7. The van der Waals surface area contributed by atoms with Gasteiger partial charge in [0.05, 0.1) is 11.6 Å². The SMILES string of the molecule is CCC(CC)C(=O)N1CCC(NC(=O)CCCOc2ccc(Cl)cc2Cl)CC1. The Morgan fingerprint density at radius 1 is 1.21 bits per heavy atom. The number of ether oxygens (including phenoxy) is 1. The molecule has 1 heterocycles. The Kier molecular flexibility index (Phi) is 9.39. The van der Waals surface area contributed by atoms with Gasteiger partial charge in [0, 0.05) is 36.5 Å². The van der Waals surface area contributed by atoms with Crippen molar-refractivity contribution in [2.24, 2.45) is 5.92 Å². The van der Waals surface area contributed by atoms with Gasteiger partial charge in [0.1, 0.15) is 5.75 Å². The molecule has 0 spiro atoms. The van der Waals surface area contributed by atoms with E-state index in [1.165, 1.54) is 0 Å². The highest BCUT2D eigenvalue weighted by Gasteiger charge is 2.27. The molecular formula is C21H30Cl2N2O3. The Morgan fingerprint density at radius 2 is 1.89 bits per heavy atom. The minimum atomic E-state index is 0.0237. The van der Waals surface area contributed by atoms with Crippen molar-refractivity contribution in [3.8, 4) is 5.75 Å². The van der Waals surface area contributed by atoms with E-state index in [0.717, 1.165) is 38.8 Å². The molecule has 5 nitrogen and oxygen atoms in total. The Balaban J connectivity index is 1.64. The van der Waals surface area contributed by atoms with Crippen LogP contribution in [-0.2, 0) is 9.59 Å². The molecule has 0 unspecified atom stereocenters. The van der Waals surface area contributed by atoms with Crippen LogP contribution >= 0.6 is 23.2 Å². The van der Waals surface area contributed by atoms with Gasteiger partial charge in [-0.25, -0.2) is 0 Å². The van der Waals surface area contributed by atoms with Crippen LogP contribution in [0.25, 0.3) is 0 Å². The van der Waals surface area contributed by atoms with Crippen LogP contribution in [0.1, 0.15) is 52.4 Å². The fraction of sp³-hybridized carbons (Fsp3) is 0.619. The van der Waals surface area contributed by atoms with Crippen molar-refractivity contribution in [3.05, 3.63) is 28.2 Å². The third kappa shape index (κ3) is 6.85. The Bertz CT molecular complexity index is 657. The number of hydrogen-bond acceptors (Lipinski definition) is 3. The first-order valence-electron chi connectivity index (χ1n) is 10.1. The number of benzene rings is 1. The molecule has 156 valence electrons. The molecule has 1 aromatic rings. The van der Waals surface area contributed by atoms with Crippen LogP contribution in [0.3, 0.4) is 0 Å². The summed E-state index contributed by atoms with van der Waals surface area (Å²) in [7, 11) is 0. The van der Waals surface area contributed by atoms with Crippen molar-refractivity contribution in [1.29, 1.82) is 0 Å². The molecule has 28 heavy (non-hydrogen) atoms. The molecule has 0 saturated carbocycles. The number of carbonyl (C=O) groups excluding carboxylic acids is 2. The molecule has 2 rings (SSSR count). The van der Waals surface area contributed by atoms with Gasteiger partial charge in [-0.2, -0.15) is 0 Å². The van der Waals surface area contributed by atoms with Crippen molar-refractivity contribution >= 4 is 35.0 Å². The van der Waals surface area contributed by atoms with Gasteiger partial charge in [0.2, 0.25) is 11.8 Å². The maximum absolute atomic E-state index is 12.4. The maximum atomic E-state index is 12.4. The largest absolute Gasteiger partial charge is 0.492 e. The third-order valence-corrected chi connectivity index (χ3v) is 5.74. The minimum absolute atomic E-state index is 0.0237. The van der Waals surface area contributed by atoms with Crippen LogP contribution in [0.15, 0.2) is 18.2 Å². The summed E-state index contributed by atoms with van der Waals surface area (Å²) in [6.45, 7) is 5.97. The number of hydrogen-bond donors (Lipinski definition) is 1. The van der Waals surface area contributed by atoms with Gasteiger partial charge in [-0.3, -0.25) is 9.59 Å². The number of rotatable bonds is 9. The first kappa shape index (κ1) is 22.8. The van der Waals surface area contributed by atoms with E-state index in [2.05, 4.69) is 19.2 Å². The molecule has 1 saturated heterocycles. The number of halogens is 2. The lowest BCUT2D eigenvalue weighted by molar-refractivity contribution is -0.137. The van der Waals surface area contributed by atoms with Gasteiger partial charge >= 0.3 is 0 Å². The fourth-order valence-electron chi connectivity index (χ4n) is 3.45. The van der Waals surface area contributed by atoms with Gasteiger partial charge in [-0.1, -0.05) is 37.0 Å². The first-order valence-corrected chi connectivity index (χ1v) is 10.9. The lowest BCUT2D eigenvalue weighted by atomic mass is 9.98. The maximum Gasteiger partial charge on any atom is 0.225 e. The summed E-state index contributed by atoms with van der Waals surface area (Å²) < 4.78 is 5.60. The molecule has 0 aromatic heterocycles. The van der Waals surface area contributed by atoms with E-state index in [1.54, 1.807) is 18.2 Å². The average Bonchev–Trinajstić information content (AvgIpc) is 2.68. The van der Waals surface area contributed by atoms with Crippen LogP contribution in [0.5, 0.6) is 5.75 Å². The normalized spacial score (nSPS) is 15.0. The van der Waals surface area contributed by atoms with E-state index in [0.29, 0.717) is 35.2 Å². The number of amides is 2. The lowest BCUT2D eigenvalue weighted by Gasteiger charge is -2.34. The molecule has 1 aliphatic rings. The van der Waals surface area contributed by atoms with Crippen LogP contribution in [-0.4, -0.2) is 42.5 Å². The van der Waals surface area contributed by atoms with Gasteiger partial charge in [-0.05, 0) is 50.3 Å². The Hall–Kier alpha value is -1.46. The topological polar surface area (TPSA) is 58.6 Å². The smallest absolute Gasteiger partial charge is 0.225 e. The number of piperidine rings is 1. The molecule has 2 amide bonds. The summed E-state index contributed by atoms with van der Waals surface area (Å²) in [6.07, 6.45) is 4.41. The quantitative estimate of drug-likeness (QED) is 0.579. The molecule has 1 fully saturated rings.